The first-order chi connectivity index (χ1) is 15.0. The van der Waals surface area contributed by atoms with Crippen LogP contribution in [-0.2, 0) is 17.8 Å². The lowest BCUT2D eigenvalue weighted by Crippen LogP contribution is -2.50. The maximum atomic E-state index is 12.6. The molecular formula is C25H26N4O2. The number of nitrogens with zero attached hydrogens (tertiary/aromatic N) is 2. The molecule has 0 spiro atoms. The third-order valence-electron chi connectivity index (χ3n) is 6.94. The van der Waals surface area contributed by atoms with Gasteiger partial charge in [0, 0.05) is 31.6 Å². The van der Waals surface area contributed by atoms with E-state index in [0.29, 0.717) is 24.9 Å². The lowest BCUT2D eigenvalue weighted by molar-refractivity contribution is -0.124. The number of fused-ring (bicyclic) bond motifs is 3. The van der Waals surface area contributed by atoms with Crippen LogP contribution in [0.3, 0.4) is 0 Å². The van der Waals surface area contributed by atoms with E-state index in [1.54, 1.807) is 4.90 Å². The van der Waals surface area contributed by atoms with Crippen LogP contribution in [0.15, 0.2) is 42.5 Å². The molecule has 2 heterocycles. The van der Waals surface area contributed by atoms with Gasteiger partial charge in [0.2, 0.25) is 5.91 Å². The number of piperidine rings is 1. The van der Waals surface area contributed by atoms with Gasteiger partial charge in [-0.25, -0.2) is 0 Å². The summed E-state index contributed by atoms with van der Waals surface area (Å²) in [7, 11) is 1.81. The number of amides is 2. The van der Waals surface area contributed by atoms with E-state index < -0.39 is 6.04 Å². The van der Waals surface area contributed by atoms with Crippen LogP contribution in [-0.4, -0.2) is 41.9 Å². The second-order valence-electron chi connectivity index (χ2n) is 9.04. The van der Waals surface area contributed by atoms with E-state index >= 15 is 0 Å². The van der Waals surface area contributed by atoms with Gasteiger partial charge in [-0.05, 0) is 53.5 Å². The lowest BCUT2D eigenvalue weighted by Gasteiger charge is -2.23. The molecule has 1 saturated heterocycles. The minimum atomic E-state index is -0.549. The quantitative estimate of drug-likeness (QED) is 0.788. The lowest BCUT2D eigenvalue weighted by atomic mass is 9.97. The number of rotatable bonds is 5. The van der Waals surface area contributed by atoms with Crippen molar-refractivity contribution in [1.82, 2.24) is 15.5 Å². The Labute approximate surface area is 182 Å². The second-order valence-corrected chi connectivity index (χ2v) is 9.04. The molecule has 2 amide bonds. The van der Waals surface area contributed by atoms with E-state index in [-0.39, 0.29) is 17.9 Å². The van der Waals surface area contributed by atoms with Crippen LogP contribution in [0.5, 0.6) is 0 Å². The van der Waals surface area contributed by atoms with Gasteiger partial charge in [0.1, 0.15) is 6.04 Å². The number of nitriles is 1. The van der Waals surface area contributed by atoms with Crippen LogP contribution in [0.1, 0.15) is 40.7 Å². The zero-order chi connectivity index (χ0) is 21.5. The minimum Gasteiger partial charge on any atom is -0.339 e. The van der Waals surface area contributed by atoms with Gasteiger partial charge in [-0.1, -0.05) is 36.4 Å². The van der Waals surface area contributed by atoms with Crippen molar-refractivity contribution in [3.8, 4) is 17.2 Å². The Morgan fingerprint density at radius 3 is 2.68 bits per heavy atom. The van der Waals surface area contributed by atoms with E-state index in [9.17, 15) is 14.9 Å². The van der Waals surface area contributed by atoms with Crippen molar-refractivity contribution in [2.75, 3.05) is 7.05 Å². The Hall–Kier alpha value is -3.17. The first-order valence-corrected chi connectivity index (χ1v) is 11.0. The molecule has 2 aliphatic heterocycles. The molecule has 5 rings (SSSR count). The van der Waals surface area contributed by atoms with Crippen molar-refractivity contribution in [1.29, 1.82) is 5.26 Å². The molecule has 1 unspecified atom stereocenters. The van der Waals surface area contributed by atoms with E-state index in [1.165, 1.54) is 0 Å². The molecule has 3 aliphatic rings. The summed E-state index contributed by atoms with van der Waals surface area (Å²) in [4.78, 5) is 26.6. The van der Waals surface area contributed by atoms with Gasteiger partial charge < -0.3 is 15.5 Å². The Kier molecular flexibility index (Phi) is 4.99. The number of hydrogen-bond donors (Lipinski definition) is 2. The highest BCUT2D eigenvalue weighted by Gasteiger charge is 2.43. The van der Waals surface area contributed by atoms with Gasteiger partial charge >= 0.3 is 0 Å². The molecule has 158 valence electrons. The Morgan fingerprint density at radius 1 is 1.23 bits per heavy atom. The topological polar surface area (TPSA) is 85.2 Å². The largest absolute Gasteiger partial charge is 0.339 e. The summed E-state index contributed by atoms with van der Waals surface area (Å²) in [5.41, 5.74) is 4.85. The molecule has 4 atom stereocenters. The van der Waals surface area contributed by atoms with Crippen molar-refractivity contribution < 1.29 is 9.59 Å². The molecule has 31 heavy (non-hydrogen) atoms. The van der Waals surface area contributed by atoms with Crippen LogP contribution in [0, 0.1) is 17.2 Å². The van der Waals surface area contributed by atoms with Crippen molar-refractivity contribution in [2.24, 2.45) is 5.92 Å². The molecule has 1 aliphatic carbocycles. The average Bonchev–Trinajstić information content (AvgIpc) is 3.49. The monoisotopic (exact) mass is 414 g/mol. The van der Waals surface area contributed by atoms with E-state index in [4.69, 9.17) is 0 Å². The SMILES string of the molecule is CN1Cc2ccc(-c3ccc(C[C@@H](C#N)NC(=O)[C@H]4N[C@@H]5CCC4C5)cc3)cc2C1=O. The van der Waals surface area contributed by atoms with Gasteiger partial charge in [-0.2, -0.15) is 5.26 Å². The molecule has 2 bridgehead atoms. The summed E-state index contributed by atoms with van der Waals surface area (Å²) in [6.45, 7) is 0.659. The van der Waals surface area contributed by atoms with Crippen LogP contribution in [0.2, 0.25) is 0 Å². The number of nitrogens with one attached hydrogen (secondary N) is 2. The second kappa shape index (κ2) is 7.82. The summed E-state index contributed by atoms with van der Waals surface area (Å²) < 4.78 is 0. The normalized spacial score (nSPS) is 24.7. The first-order valence-electron chi connectivity index (χ1n) is 11.0. The van der Waals surface area contributed by atoms with Crippen molar-refractivity contribution in [3.05, 3.63) is 59.2 Å². The molecule has 0 aromatic heterocycles. The van der Waals surface area contributed by atoms with Gasteiger partial charge in [-0.3, -0.25) is 9.59 Å². The van der Waals surface area contributed by atoms with Crippen LogP contribution >= 0.6 is 0 Å². The molecule has 6 heteroatoms. The highest BCUT2D eigenvalue weighted by Crippen LogP contribution is 2.35. The summed E-state index contributed by atoms with van der Waals surface area (Å²) in [6, 6.07) is 16.0. The van der Waals surface area contributed by atoms with Gasteiger partial charge in [0.05, 0.1) is 12.1 Å². The minimum absolute atomic E-state index is 0.0526. The average molecular weight is 415 g/mol. The van der Waals surface area contributed by atoms with Gasteiger partial charge in [-0.15, -0.1) is 0 Å². The first kappa shape index (κ1) is 19.8. The Morgan fingerprint density at radius 2 is 2.00 bits per heavy atom. The van der Waals surface area contributed by atoms with Crippen molar-refractivity contribution in [2.45, 2.75) is 50.4 Å². The molecule has 2 fully saturated rings. The highest BCUT2D eigenvalue weighted by molar-refractivity contribution is 5.99. The Bertz CT molecular complexity index is 1070. The summed E-state index contributed by atoms with van der Waals surface area (Å²) in [5, 5.41) is 15.9. The standard InChI is InChI=1S/C25H26N4O2/c1-29-14-19-7-6-17(12-22(19)25(29)31)16-4-2-15(3-5-16)10-21(13-26)28-24(30)23-18-8-9-20(11-18)27-23/h2-7,12,18,20-21,23,27H,8-11,14H2,1H3,(H,28,30)/t18?,20-,21+,23+/m1/s1. The van der Waals surface area contributed by atoms with E-state index in [0.717, 1.165) is 47.1 Å². The Balaban J connectivity index is 1.24. The molecule has 6 nitrogen and oxygen atoms in total. The maximum absolute atomic E-state index is 12.6. The summed E-state index contributed by atoms with van der Waals surface area (Å²) in [6.07, 6.45) is 3.79. The predicted molar refractivity (Wildman–Crippen MR) is 117 cm³/mol. The summed E-state index contributed by atoms with van der Waals surface area (Å²) in [5.74, 6) is 0.414. The van der Waals surface area contributed by atoms with E-state index in [2.05, 4.69) is 16.7 Å². The molecule has 2 aromatic carbocycles. The maximum Gasteiger partial charge on any atom is 0.254 e. The van der Waals surface area contributed by atoms with Gasteiger partial charge in [0.25, 0.3) is 5.91 Å². The summed E-state index contributed by atoms with van der Waals surface area (Å²) >= 11 is 0. The molecule has 2 N–H and O–H groups in total. The molecule has 2 aromatic rings. The van der Waals surface area contributed by atoms with Crippen molar-refractivity contribution in [3.63, 3.8) is 0 Å². The fourth-order valence-corrected chi connectivity index (χ4v) is 5.24. The zero-order valence-corrected chi connectivity index (χ0v) is 17.6. The van der Waals surface area contributed by atoms with Crippen LogP contribution in [0.4, 0.5) is 0 Å². The third-order valence-corrected chi connectivity index (χ3v) is 6.94. The predicted octanol–water partition coefficient (Wildman–Crippen LogP) is 2.63. The number of carbonyl (C=O) groups is 2. The van der Waals surface area contributed by atoms with Gasteiger partial charge in [0.15, 0.2) is 0 Å². The number of hydrogen-bond acceptors (Lipinski definition) is 4. The van der Waals surface area contributed by atoms with Crippen LogP contribution in [0.25, 0.3) is 11.1 Å². The van der Waals surface area contributed by atoms with E-state index in [1.807, 2.05) is 49.5 Å². The molecule has 1 saturated carbocycles. The zero-order valence-electron chi connectivity index (χ0n) is 17.6. The van der Waals surface area contributed by atoms with Crippen LogP contribution < -0.4 is 10.6 Å². The fraction of sp³-hybridized carbons (Fsp3) is 0.400. The molecular weight excluding hydrogens is 388 g/mol. The smallest absolute Gasteiger partial charge is 0.254 e. The number of carbonyl (C=O) groups excluding carboxylic acids is 2. The highest BCUT2D eigenvalue weighted by atomic mass is 16.2. The third kappa shape index (κ3) is 3.70. The fourth-order valence-electron chi connectivity index (χ4n) is 5.24. The van der Waals surface area contributed by atoms with Crippen molar-refractivity contribution >= 4 is 11.8 Å². The molecule has 0 radical (unpaired) electrons. The number of benzene rings is 2.